The Morgan fingerprint density at radius 1 is 1.09 bits per heavy atom. The van der Waals surface area contributed by atoms with Crippen molar-refractivity contribution in [2.45, 2.75) is 46.0 Å². The van der Waals surface area contributed by atoms with E-state index in [1.54, 1.807) is 12.4 Å². The second kappa shape index (κ2) is 11.1. The van der Waals surface area contributed by atoms with Crippen LogP contribution in [0.3, 0.4) is 0 Å². The van der Waals surface area contributed by atoms with Gasteiger partial charge in [0, 0.05) is 30.1 Å². The van der Waals surface area contributed by atoms with E-state index in [9.17, 15) is 9.59 Å². The number of carboxylic acid groups (broad SMARTS) is 1. The van der Waals surface area contributed by atoms with Crippen molar-refractivity contribution < 1.29 is 14.7 Å². The average molecular weight is 465 g/mol. The van der Waals surface area contributed by atoms with Crippen LogP contribution in [0.15, 0.2) is 60.9 Å². The molecule has 0 spiro atoms. The number of anilines is 1. The van der Waals surface area contributed by atoms with Gasteiger partial charge in [0.25, 0.3) is 0 Å². The highest BCUT2D eigenvalue weighted by Gasteiger charge is 2.26. The first-order valence-electron chi connectivity index (χ1n) is 11.1. The standard InChI is InChI=1S/C27H29ClN2O3/c1-4-17(2)26(21-10-8-20(9-11-21)22-14-23(28)16-29-15-22)27(33)30-24-7-5-6-19(18(24)3)12-13-25(31)32/h5-11,14-17,26H,4,12-13H2,1-3H3,(H,30,33)(H,31,32). The highest BCUT2D eigenvalue weighted by molar-refractivity contribution is 6.30. The molecule has 1 heterocycles. The van der Waals surface area contributed by atoms with Gasteiger partial charge in [-0.25, -0.2) is 0 Å². The fourth-order valence-corrected chi connectivity index (χ4v) is 4.14. The summed E-state index contributed by atoms with van der Waals surface area (Å²) in [5.41, 5.74) is 5.40. The lowest BCUT2D eigenvalue weighted by molar-refractivity contribution is -0.137. The summed E-state index contributed by atoms with van der Waals surface area (Å²) in [5.74, 6) is -1.08. The van der Waals surface area contributed by atoms with Crippen LogP contribution in [0.2, 0.25) is 5.02 Å². The fourth-order valence-electron chi connectivity index (χ4n) is 3.97. The molecule has 2 atom stereocenters. The molecule has 0 fully saturated rings. The summed E-state index contributed by atoms with van der Waals surface area (Å²) in [5, 5.41) is 12.7. The number of nitrogens with one attached hydrogen (secondary N) is 1. The third-order valence-electron chi connectivity index (χ3n) is 6.12. The van der Waals surface area contributed by atoms with Crippen molar-refractivity contribution in [3.63, 3.8) is 0 Å². The van der Waals surface area contributed by atoms with Gasteiger partial charge in [0.2, 0.25) is 5.91 Å². The van der Waals surface area contributed by atoms with E-state index in [4.69, 9.17) is 16.7 Å². The van der Waals surface area contributed by atoms with E-state index in [-0.39, 0.29) is 24.2 Å². The first-order valence-corrected chi connectivity index (χ1v) is 11.5. The van der Waals surface area contributed by atoms with E-state index in [1.807, 2.05) is 55.5 Å². The summed E-state index contributed by atoms with van der Waals surface area (Å²) in [7, 11) is 0. The summed E-state index contributed by atoms with van der Waals surface area (Å²) >= 11 is 6.07. The first kappa shape index (κ1) is 24.5. The predicted octanol–water partition coefficient (Wildman–Crippen LogP) is 6.50. The highest BCUT2D eigenvalue weighted by atomic mass is 35.5. The number of aromatic nitrogens is 1. The lowest BCUT2D eigenvalue weighted by Gasteiger charge is -2.24. The Labute approximate surface area is 199 Å². The number of aryl methyl sites for hydroxylation is 1. The molecule has 5 nitrogen and oxygen atoms in total. The van der Waals surface area contributed by atoms with E-state index < -0.39 is 5.97 Å². The predicted molar refractivity (Wildman–Crippen MR) is 133 cm³/mol. The van der Waals surface area contributed by atoms with Crippen molar-refractivity contribution in [1.82, 2.24) is 4.98 Å². The summed E-state index contributed by atoms with van der Waals surface area (Å²) < 4.78 is 0. The molecule has 1 aromatic heterocycles. The second-order valence-corrected chi connectivity index (χ2v) is 8.79. The molecule has 0 aliphatic carbocycles. The van der Waals surface area contributed by atoms with Gasteiger partial charge in [0.1, 0.15) is 0 Å². The number of nitrogens with zero attached hydrogens (tertiary/aromatic N) is 1. The highest BCUT2D eigenvalue weighted by Crippen LogP contribution is 2.31. The van der Waals surface area contributed by atoms with Crippen molar-refractivity contribution in [1.29, 1.82) is 0 Å². The number of carboxylic acids is 1. The van der Waals surface area contributed by atoms with E-state index in [1.165, 1.54) is 0 Å². The lowest BCUT2D eigenvalue weighted by atomic mass is 9.84. The summed E-state index contributed by atoms with van der Waals surface area (Å²) in [4.78, 5) is 28.5. The van der Waals surface area contributed by atoms with Crippen molar-refractivity contribution in [3.8, 4) is 11.1 Å². The zero-order valence-corrected chi connectivity index (χ0v) is 19.9. The van der Waals surface area contributed by atoms with Gasteiger partial charge in [-0.3, -0.25) is 14.6 Å². The Kier molecular flexibility index (Phi) is 8.23. The molecule has 0 aliphatic rings. The topological polar surface area (TPSA) is 79.3 Å². The number of hydrogen-bond donors (Lipinski definition) is 2. The molecule has 172 valence electrons. The monoisotopic (exact) mass is 464 g/mol. The minimum atomic E-state index is -0.835. The Morgan fingerprint density at radius 2 is 1.82 bits per heavy atom. The third-order valence-corrected chi connectivity index (χ3v) is 6.32. The SMILES string of the molecule is CCC(C)C(C(=O)Nc1cccc(CCC(=O)O)c1C)c1ccc(-c2cncc(Cl)c2)cc1. The van der Waals surface area contributed by atoms with Gasteiger partial charge in [-0.1, -0.05) is 68.3 Å². The molecule has 0 aliphatic heterocycles. The normalized spacial score (nSPS) is 12.7. The van der Waals surface area contributed by atoms with Gasteiger partial charge in [-0.15, -0.1) is 0 Å². The van der Waals surface area contributed by atoms with Crippen LogP contribution in [-0.4, -0.2) is 22.0 Å². The van der Waals surface area contributed by atoms with E-state index in [2.05, 4.69) is 24.1 Å². The average Bonchev–Trinajstić information content (AvgIpc) is 2.80. The van der Waals surface area contributed by atoms with Gasteiger partial charge in [0.15, 0.2) is 0 Å². The first-order chi connectivity index (χ1) is 15.8. The van der Waals surface area contributed by atoms with Crippen LogP contribution < -0.4 is 5.32 Å². The second-order valence-electron chi connectivity index (χ2n) is 8.35. The molecular formula is C27H29ClN2O3. The van der Waals surface area contributed by atoms with Crippen LogP contribution in [0.25, 0.3) is 11.1 Å². The number of carbonyl (C=O) groups is 2. The largest absolute Gasteiger partial charge is 0.481 e. The third kappa shape index (κ3) is 6.20. The molecule has 3 rings (SSSR count). The zero-order chi connectivity index (χ0) is 24.0. The molecule has 0 bridgehead atoms. The summed E-state index contributed by atoms with van der Waals surface area (Å²) in [6.07, 6.45) is 4.71. The van der Waals surface area contributed by atoms with Crippen LogP contribution in [0, 0.1) is 12.8 Å². The number of rotatable bonds is 9. The lowest BCUT2D eigenvalue weighted by Crippen LogP contribution is -2.26. The van der Waals surface area contributed by atoms with Crippen LogP contribution in [0.1, 0.15) is 49.3 Å². The molecule has 2 aromatic carbocycles. The minimum absolute atomic E-state index is 0.0578. The molecule has 2 N–H and O–H groups in total. The Bertz CT molecular complexity index is 1130. The number of hydrogen-bond acceptors (Lipinski definition) is 3. The Balaban J connectivity index is 1.84. The maximum Gasteiger partial charge on any atom is 0.303 e. The molecular weight excluding hydrogens is 436 g/mol. The molecule has 0 saturated carbocycles. The fraction of sp³-hybridized carbons (Fsp3) is 0.296. The number of halogens is 1. The van der Waals surface area contributed by atoms with Crippen molar-refractivity contribution in [3.05, 3.63) is 82.6 Å². The van der Waals surface area contributed by atoms with Gasteiger partial charge >= 0.3 is 5.97 Å². The number of benzene rings is 2. The van der Waals surface area contributed by atoms with Gasteiger partial charge in [-0.2, -0.15) is 0 Å². The van der Waals surface area contributed by atoms with Crippen molar-refractivity contribution >= 4 is 29.2 Å². The van der Waals surface area contributed by atoms with E-state index in [0.717, 1.165) is 39.9 Å². The van der Waals surface area contributed by atoms with Crippen LogP contribution >= 0.6 is 11.6 Å². The number of aliphatic carboxylic acids is 1. The molecule has 6 heteroatoms. The Hall–Kier alpha value is -3.18. The van der Waals surface area contributed by atoms with E-state index >= 15 is 0 Å². The maximum atomic E-state index is 13.4. The number of carbonyl (C=O) groups excluding carboxylic acids is 1. The maximum absolute atomic E-state index is 13.4. The van der Waals surface area contributed by atoms with Crippen LogP contribution in [0.4, 0.5) is 5.69 Å². The quantitative estimate of drug-likeness (QED) is 0.379. The number of amides is 1. The smallest absolute Gasteiger partial charge is 0.303 e. The summed E-state index contributed by atoms with van der Waals surface area (Å²) in [6, 6.07) is 15.4. The molecule has 0 radical (unpaired) electrons. The molecule has 3 aromatic rings. The van der Waals surface area contributed by atoms with Gasteiger partial charge < -0.3 is 10.4 Å². The zero-order valence-electron chi connectivity index (χ0n) is 19.1. The van der Waals surface area contributed by atoms with Gasteiger partial charge in [0.05, 0.1) is 10.9 Å². The summed E-state index contributed by atoms with van der Waals surface area (Å²) in [6.45, 7) is 6.07. The van der Waals surface area contributed by atoms with Crippen LogP contribution in [0.5, 0.6) is 0 Å². The molecule has 2 unspecified atom stereocenters. The van der Waals surface area contributed by atoms with Crippen molar-refractivity contribution in [2.75, 3.05) is 5.32 Å². The molecule has 33 heavy (non-hydrogen) atoms. The minimum Gasteiger partial charge on any atom is -0.481 e. The van der Waals surface area contributed by atoms with Crippen LogP contribution in [-0.2, 0) is 16.0 Å². The van der Waals surface area contributed by atoms with Crippen molar-refractivity contribution in [2.24, 2.45) is 5.92 Å². The molecule has 0 saturated heterocycles. The Morgan fingerprint density at radius 3 is 2.45 bits per heavy atom. The van der Waals surface area contributed by atoms with Gasteiger partial charge in [-0.05, 0) is 53.6 Å². The molecule has 1 amide bonds. The van der Waals surface area contributed by atoms with E-state index in [0.29, 0.717) is 11.4 Å². The number of pyridine rings is 1.